The molecule has 3 heterocycles. The van der Waals surface area contributed by atoms with Crippen LogP contribution in [0.5, 0.6) is 0 Å². The van der Waals surface area contributed by atoms with Gasteiger partial charge in [-0.1, -0.05) is 48.5 Å². The highest BCUT2D eigenvalue weighted by Crippen LogP contribution is 2.38. The van der Waals surface area contributed by atoms with Crippen LogP contribution in [0.1, 0.15) is 5.56 Å². The second-order valence-electron chi connectivity index (χ2n) is 11.0. The van der Waals surface area contributed by atoms with Crippen LogP contribution in [0.3, 0.4) is 0 Å². The van der Waals surface area contributed by atoms with Crippen LogP contribution in [0.4, 0.5) is 0 Å². The molecular weight excluding hydrogens is 556 g/mol. The van der Waals surface area contributed by atoms with Crippen LogP contribution in [-0.4, -0.2) is 14.5 Å². The van der Waals surface area contributed by atoms with E-state index in [2.05, 4.69) is 71.3 Å². The third-order valence-corrected chi connectivity index (χ3v) is 8.28. The number of oxazole rings is 2. The van der Waals surface area contributed by atoms with Crippen LogP contribution in [0.2, 0.25) is 0 Å². The van der Waals surface area contributed by atoms with Gasteiger partial charge in [-0.2, -0.15) is 5.26 Å². The summed E-state index contributed by atoms with van der Waals surface area (Å²) < 4.78 is 14.6. The van der Waals surface area contributed by atoms with Gasteiger partial charge in [0.2, 0.25) is 11.8 Å². The topological polar surface area (TPSA) is 80.8 Å². The number of nitriles is 1. The number of hydrogen-bond donors (Lipinski definition) is 0. The van der Waals surface area contributed by atoms with Crippen LogP contribution < -0.4 is 0 Å². The molecular formula is C39H22N4O2. The quantitative estimate of drug-likeness (QED) is 0.208. The van der Waals surface area contributed by atoms with Crippen molar-refractivity contribution in [3.05, 3.63) is 139 Å². The summed E-state index contributed by atoms with van der Waals surface area (Å²) in [5.41, 5.74) is 10.7. The van der Waals surface area contributed by atoms with Gasteiger partial charge < -0.3 is 13.4 Å². The molecule has 6 aromatic carbocycles. The SMILES string of the molecule is N#Cc1cccc(-c2cccc(-n3c4ccc(-c5nc6ccccc6o5)cc4c4cc(-c5nc6ccccc6o5)ccc43)c2)c1. The Hall–Kier alpha value is -6.45. The molecule has 0 atom stereocenters. The molecule has 45 heavy (non-hydrogen) atoms. The lowest BCUT2D eigenvalue weighted by Gasteiger charge is -2.11. The van der Waals surface area contributed by atoms with Gasteiger partial charge in [0.15, 0.2) is 11.2 Å². The van der Waals surface area contributed by atoms with Crippen LogP contribution in [0.25, 0.3) is 83.7 Å². The van der Waals surface area contributed by atoms with Gasteiger partial charge in [-0.25, -0.2) is 9.97 Å². The Morgan fingerprint density at radius 1 is 0.511 bits per heavy atom. The average Bonchev–Trinajstić information content (AvgIpc) is 3.81. The van der Waals surface area contributed by atoms with Crippen LogP contribution in [0.15, 0.2) is 142 Å². The van der Waals surface area contributed by atoms with Crippen molar-refractivity contribution in [1.29, 1.82) is 5.26 Å². The van der Waals surface area contributed by atoms with Gasteiger partial charge in [0, 0.05) is 27.6 Å². The van der Waals surface area contributed by atoms with Crippen molar-refractivity contribution in [3.63, 3.8) is 0 Å². The lowest BCUT2D eigenvalue weighted by molar-refractivity contribution is 0.619. The molecule has 0 saturated carbocycles. The van der Waals surface area contributed by atoms with Crippen molar-refractivity contribution in [2.75, 3.05) is 0 Å². The summed E-state index contributed by atoms with van der Waals surface area (Å²) >= 11 is 0. The van der Waals surface area contributed by atoms with Crippen LogP contribution in [0, 0.1) is 11.3 Å². The number of rotatable bonds is 4. The smallest absolute Gasteiger partial charge is 0.227 e. The van der Waals surface area contributed by atoms with E-state index in [1.807, 2.05) is 72.8 Å². The Labute approximate surface area is 257 Å². The summed E-state index contributed by atoms with van der Waals surface area (Å²) in [7, 11) is 0. The largest absolute Gasteiger partial charge is 0.436 e. The van der Waals surface area contributed by atoms with Crippen LogP contribution in [-0.2, 0) is 0 Å². The van der Waals surface area contributed by atoms with Crippen molar-refractivity contribution in [2.24, 2.45) is 0 Å². The highest BCUT2D eigenvalue weighted by atomic mass is 16.4. The second kappa shape index (κ2) is 9.80. The molecule has 0 bridgehead atoms. The first-order valence-electron chi connectivity index (χ1n) is 14.6. The molecule has 210 valence electrons. The minimum absolute atomic E-state index is 0.577. The lowest BCUT2D eigenvalue weighted by Crippen LogP contribution is -1.94. The standard InChI is InChI=1S/C39H22N4O2/c40-23-24-7-5-8-25(19-24)26-9-6-10-29(20-26)43-34-17-15-27(38-41-32-11-1-3-13-36(32)44-38)21-30(34)31-22-28(16-18-35(31)43)39-42-33-12-2-4-14-37(33)45-39/h1-22H. The van der Waals surface area contributed by atoms with E-state index in [4.69, 9.17) is 18.8 Å². The normalized spacial score (nSPS) is 11.5. The molecule has 0 aliphatic heterocycles. The molecule has 0 amide bonds. The first-order valence-corrected chi connectivity index (χ1v) is 14.6. The predicted octanol–water partition coefficient (Wildman–Crippen LogP) is 9.94. The highest BCUT2D eigenvalue weighted by Gasteiger charge is 2.18. The number of aromatic nitrogens is 3. The lowest BCUT2D eigenvalue weighted by atomic mass is 10.0. The third kappa shape index (κ3) is 4.10. The van der Waals surface area contributed by atoms with E-state index in [-0.39, 0.29) is 0 Å². The monoisotopic (exact) mass is 578 g/mol. The molecule has 0 saturated heterocycles. The van der Waals surface area contributed by atoms with E-state index in [1.54, 1.807) is 0 Å². The van der Waals surface area contributed by atoms with E-state index in [1.165, 1.54) is 0 Å². The summed E-state index contributed by atoms with van der Waals surface area (Å²) in [5, 5.41) is 11.6. The fraction of sp³-hybridized carbons (Fsp3) is 0. The number of benzene rings is 6. The maximum absolute atomic E-state index is 9.47. The van der Waals surface area contributed by atoms with Gasteiger partial charge in [-0.05, 0) is 96.1 Å². The Balaban J connectivity index is 1.27. The maximum atomic E-state index is 9.47. The van der Waals surface area contributed by atoms with Crippen molar-refractivity contribution in [3.8, 4) is 45.8 Å². The van der Waals surface area contributed by atoms with Crippen molar-refractivity contribution >= 4 is 44.0 Å². The number of nitrogens with zero attached hydrogens (tertiary/aromatic N) is 4. The van der Waals surface area contributed by atoms with Crippen LogP contribution >= 0.6 is 0 Å². The van der Waals surface area contributed by atoms with E-state index < -0.39 is 0 Å². The fourth-order valence-electron chi connectivity index (χ4n) is 6.15. The van der Waals surface area contributed by atoms with Gasteiger partial charge in [-0.15, -0.1) is 0 Å². The van der Waals surface area contributed by atoms with Crippen molar-refractivity contribution in [1.82, 2.24) is 14.5 Å². The van der Waals surface area contributed by atoms with Gasteiger partial charge in [0.25, 0.3) is 0 Å². The summed E-state index contributed by atoms with van der Waals surface area (Å²) in [6.07, 6.45) is 0. The number of hydrogen-bond acceptors (Lipinski definition) is 5. The zero-order chi connectivity index (χ0) is 29.9. The van der Waals surface area contributed by atoms with E-state index in [0.29, 0.717) is 17.3 Å². The van der Waals surface area contributed by atoms with E-state index in [9.17, 15) is 5.26 Å². The number of fused-ring (bicyclic) bond motifs is 5. The second-order valence-corrected chi connectivity index (χ2v) is 11.0. The zero-order valence-corrected chi connectivity index (χ0v) is 23.8. The van der Waals surface area contributed by atoms with Gasteiger partial charge in [0.05, 0.1) is 22.7 Å². The average molecular weight is 579 g/mol. The van der Waals surface area contributed by atoms with Gasteiger partial charge in [0.1, 0.15) is 11.0 Å². The molecule has 0 spiro atoms. The molecule has 0 aliphatic rings. The molecule has 3 aromatic heterocycles. The van der Waals surface area contributed by atoms with Gasteiger partial charge in [-0.3, -0.25) is 0 Å². The van der Waals surface area contributed by atoms with Crippen molar-refractivity contribution < 1.29 is 8.83 Å². The summed E-state index contributed by atoms with van der Waals surface area (Å²) in [6.45, 7) is 0. The Morgan fingerprint density at radius 2 is 1.07 bits per heavy atom. The summed E-state index contributed by atoms with van der Waals surface area (Å²) in [6, 6.07) is 46.6. The minimum atomic E-state index is 0.577. The maximum Gasteiger partial charge on any atom is 0.227 e. The summed E-state index contributed by atoms with van der Waals surface area (Å²) in [5.74, 6) is 1.15. The van der Waals surface area contributed by atoms with E-state index in [0.717, 1.165) is 71.9 Å². The number of para-hydroxylation sites is 4. The first-order chi connectivity index (χ1) is 22.2. The van der Waals surface area contributed by atoms with Gasteiger partial charge >= 0.3 is 0 Å². The van der Waals surface area contributed by atoms with E-state index >= 15 is 0 Å². The Kier molecular flexibility index (Phi) is 5.46. The fourth-order valence-corrected chi connectivity index (χ4v) is 6.15. The Morgan fingerprint density at radius 3 is 1.64 bits per heavy atom. The zero-order valence-electron chi connectivity index (χ0n) is 23.8. The Bertz CT molecular complexity index is 2440. The molecule has 6 nitrogen and oxygen atoms in total. The molecule has 0 fully saturated rings. The predicted molar refractivity (Wildman–Crippen MR) is 177 cm³/mol. The molecule has 0 unspecified atom stereocenters. The third-order valence-electron chi connectivity index (χ3n) is 8.28. The highest BCUT2D eigenvalue weighted by molar-refractivity contribution is 6.11. The molecule has 6 heteroatoms. The van der Waals surface area contributed by atoms with Crippen molar-refractivity contribution in [2.45, 2.75) is 0 Å². The molecule has 9 rings (SSSR count). The molecule has 9 aromatic rings. The molecule has 0 aliphatic carbocycles. The minimum Gasteiger partial charge on any atom is -0.436 e. The molecule has 0 radical (unpaired) electrons. The summed E-state index contributed by atoms with van der Waals surface area (Å²) in [4.78, 5) is 9.52. The first kappa shape index (κ1) is 25.1. The molecule has 0 N–H and O–H groups in total.